The number of anilines is 2. The summed E-state index contributed by atoms with van der Waals surface area (Å²) in [5.74, 6) is 0.442. The van der Waals surface area contributed by atoms with Gasteiger partial charge in [0.2, 0.25) is 0 Å². The van der Waals surface area contributed by atoms with E-state index in [9.17, 15) is 9.59 Å². The second kappa shape index (κ2) is 8.81. The van der Waals surface area contributed by atoms with E-state index in [1.54, 1.807) is 61.1 Å². The smallest absolute Gasteiger partial charge is 0.318 e. The third-order valence-electron chi connectivity index (χ3n) is 3.61. The van der Waals surface area contributed by atoms with Gasteiger partial charge in [-0.2, -0.15) is 0 Å². The number of hydrogen-bond donors (Lipinski definition) is 3. The SMILES string of the molecule is CNC(=O)Nc1ccc(NC(=O)c2ccc(OCc3cscn3)cc2)cc1. The summed E-state index contributed by atoms with van der Waals surface area (Å²) in [5, 5.41) is 9.86. The molecule has 0 unspecified atom stereocenters. The summed E-state index contributed by atoms with van der Waals surface area (Å²) in [7, 11) is 1.54. The van der Waals surface area contributed by atoms with Crippen molar-refractivity contribution in [3.8, 4) is 5.75 Å². The summed E-state index contributed by atoms with van der Waals surface area (Å²) < 4.78 is 5.63. The molecule has 8 heteroatoms. The minimum atomic E-state index is -0.302. The van der Waals surface area contributed by atoms with Gasteiger partial charge in [-0.1, -0.05) is 0 Å². The number of ether oxygens (including phenoxy) is 1. The highest BCUT2D eigenvalue weighted by atomic mass is 32.1. The molecule has 0 aliphatic heterocycles. The van der Waals surface area contributed by atoms with Crippen LogP contribution in [0.3, 0.4) is 0 Å². The quantitative estimate of drug-likeness (QED) is 0.606. The molecule has 3 N–H and O–H groups in total. The Morgan fingerprint density at radius 3 is 2.26 bits per heavy atom. The first-order chi connectivity index (χ1) is 13.1. The van der Waals surface area contributed by atoms with E-state index < -0.39 is 0 Å². The molecule has 138 valence electrons. The number of hydrogen-bond acceptors (Lipinski definition) is 5. The van der Waals surface area contributed by atoms with Crippen LogP contribution in [0.5, 0.6) is 5.75 Å². The first-order valence-corrected chi connectivity index (χ1v) is 9.08. The number of amides is 3. The minimum Gasteiger partial charge on any atom is -0.487 e. The fourth-order valence-electron chi connectivity index (χ4n) is 2.20. The van der Waals surface area contributed by atoms with Gasteiger partial charge in [0.15, 0.2) is 0 Å². The van der Waals surface area contributed by atoms with Crippen LogP contribution in [0.15, 0.2) is 59.4 Å². The van der Waals surface area contributed by atoms with E-state index in [1.165, 1.54) is 11.3 Å². The fraction of sp³-hybridized carbons (Fsp3) is 0.105. The Balaban J connectivity index is 1.55. The van der Waals surface area contributed by atoms with Crippen LogP contribution in [0.1, 0.15) is 16.1 Å². The molecular formula is C19H18N4O3S. The van der Waals surface area contributed by atoms with Crippen LogP contribution < -0.4 is 20.7 Å². The Morgan fingerprint density at radius 1 is 1.00 bits per heavy atom. The molecule has 2 aromatic carbocycles. The maximum absolute atomic E-state index is 12.3. The first-order valence-electron chi connectivity index (χ1n) is 8.14. The maximum Gasteiger partial charge on any atom is 0.318 e. The lowest BCUT2D eigenvalue weighted by Crippen LogP contribution is -2.24. The van der Waals surface area contributed by atoms with Crippen molar-refractivity contribution >= 4 is 34.6 Å². The van der Waals surface area contributed by atoms with Gasteiger partial charge >= 0.3 is 6.03 Å². The maximum atomic E-state index is 12.3. The second-order valence-corrected chi connectivity index (χ2v) is 6.25. The molecule has 3 rings (SSSR count). The third kappa shape index (κ3) is 5.29. The highest BCUT2D eigenvalue weighted by Gasteiger charge is 2.07. The van der Waals surface area contributed by atoms with Crippen molar-refractivity contribution in [3.05, 3.63) is 70.7 Å². The summed E-state index contributed by atoms with van der Waals surface area (Å²) in [5.41, 5.74) is 4.41. The number of thiazole rings is 1. The number of benzene rings is 2. The van der Waals surface area contributed by atoms with Crippen molar-refractivity contribution in [2.45, 2.75) is 6.61 Å². The van der Waals surface area contributed by atoms with Crippen LogP contribution in [-0.2, 0) is 6.61 Å². The second-order valence-electron chi connectivity index (χ2n) is 5.53. The summed E-state index contributed by atoms with van der Waals surface area (Å²) in [6.07, 6.45) is 0. The zero-order chi connectivity index (χ0) is 19.1. The van der Waals surface area contributed by atoms with Gasteiger partial charge in [0.05, 0.1) is 11.2 Å². The Hall–Kier alpha value is -3.39. The van der Waals surface area contributed by atoms with Crippen molar-refractivity contribution in [1.29, 1.82) is 0 Å². The van der Waals surface area contributed by atoms with Gasteiger partial charge in [-0.3, -0.25) is 4.79 Å². The number of carbonyl (C=O) groups excluding carboxylic acids is 2. The van der Waals surface area contributed by atoms with Crippen LogP contribution in [0.2, 0.25) is 0 Å². The number of nitrogens with one attached hydrogen (secondary N) is 3. The molecule has 7 nitrogen and oxygen atoms in total. The van der Waals surface area contributed by atoms with E-state index >= 15 is 0 Å². The summed E-state index contributed by atoms with van der Waals surface area (Å²) >= 11 is 1.52. The number of nitrogens with zero attached hydrogens (tertiary/aromatic N) is 1. The molecule has 0 saturated heterocycles. The molecule has 0 atom stereocenters. The number of carbonyl (C=O) groups is 2. The lowest BCUT2D eigenvalue weighted by molar-refractivity contribution is 0.102. The van der Waals surface area contributed by atoms with Gasteiger partial charge < -0.3 is 20.7 Å². The average molecular weight is 382 g/mol. The number of rotatable bonds is 6. The average Bonchev–Trinajstić information content (AvgIpc) is 3.22. The predicted molar refractivity (Wildman–Crippen MR) is 105 cm³/mol. The van der Waals surface area contributed by atoms with E-state index in [0.717, 1.165) is 5.69 Å². The summed E-state index contributed by atoms with van der Waals surface area (Å²) in [6.45, 7) is 0.394. The largest absolute Gasteiger partial charge is 0.487 e. The topological polar surface area (TPSA) is 92.4 Å². The van der Waals surface area contributed by atoms with E-state index in [4.69, 9.17) is 4.74 Å². The highest BCUT2D eigenvalue weighted by Crippen LogP contribution is 2.17. The predicted octanol–water partition coefficient (Wildman–Crippen LogP) is 3.73. The molecule has 0 aliphatic rings. The molecule has 0 saturated carbocycles. The van der Waals surface area contributed by atoms with Crippen LogP contribution in [-0.4, -0.2) is 24.0 Å². The molecule has 0 spiro atoms. The van der Waals surface area contributed by atoms with Crippen molar-refractivity contribution in [2.75, 3.05) is 17.7 Å². The van der Waals surface area contributed by atoms with Gasteiger partial charge in [0, 0.05) is 29.4 Å². The Labute approximate surface area is 160 Å². The number of aromatic nitrogens is 1. The molecule has 0 bridgehead atoms. The van der Waals surface area contributed by atoms with Crippen molar-refractivity contribution < 1.29 is 14.3 Å². The van der Waals surface area contributed by atoms with Crippen LogP contribution in [0, 0.1) is 0 Å². The Bertz CT molecular complexity index is 894. The molecule has 0 aliphatic carbocycles. The van der Waals surface area contributed by atoms with Gasteiger partial charge in [-0.25, -0.2) is 9.78 Å². The Kier molecular flexibility index (Phi) is 6.01. The molecule has 0 radical (unpaired) electrons. The molecule has 1 aromatic heterocycles. The molecular weight excluding hydrogens is 364 g/mol. The third-order valence-corrected chi connectivity index (χ3v) is 4.25. The Morgan fingerprint density at radius 2 is 1.67 bits per heavy atom. The molecule has 1 heterocycles. The molecule has 3 aromatic rings. The van der Waals surface area contributed by atoms with Gasteiger partial charge in [-0.15, -0.1) is 11.3 Å². The highest BCUT2D eigenvalue weighted by molar-refractivity contribution is 7.07. The molecule has 0 fully saturated rings. The first kappa shape index (κ1) is 18.4. The zero-order valence-electron chi connectivity index (χ0n) is 14.6. The molecule has 27 heavy (non-hydrogen) atoms. The summed E-state index contributed by atoms with van der Waals surface area (Å²) in [4.78, 5) is 27.8. The monoisotopic (exact) mass is 382 g/mol. The zero-order valence-corrected chi connectivity index (χ0v) is 15.4. The minimum absolute atomic E-state index is 0.229. The van der Waals surface area contributed by atoms with E-state index in [-0.39, 0.29) is 11.9 Å². The van der Waals surface area contributed by atoms with E-state index in [2.05, 4.69) is 20.9 Å². The number of urea groups is 1. The van der Waals surface area contributed by atoms with E-state index in [1.807, 2.05) is 5.38 Å². The lowest BCUT2D eigenvalue weighted by atomic mass is 10.2. The normalized spacial score (nSPS) is 10.1. The standard InChI is InChI=1S/C19H18N4O3S/c1-20-19(25)23-15-6-4-14(5-7-15)22-18(24)13-2-8-17(9-3-13)26-10-16-11-27-12-21-16/h2-9,11-12H,10H2,1H3,(H,22,24)(H2,20,23,25). The molecule has 3 amide bonds. The van der Waals surface area contributed by atoms with Crippen molar-refractivity contribution in [2.24, 2.45) is 0 Å². The lowest BCUT2D eigenvalue weighted by Gasteiger charge is -2.09. The van der Waals surface area contributed by atoms with Crippen molar-refractivity contribution in [3.63, 3.8) is 0 Å². The van der Waals surface area contributed by atoms with E-state index in [0.29, 0.717) is 29.3 Å². The van der Waals surface area contributed by atoms with Crippen molar-refractivity contribution in [1.82, 2.24) is 10.3 Å². The van der Waals surface area contributed by atoms with Crippen LogP contribution >= 0.6 is 11.3 Å². The van der Waals surface area contributed by atoms with Gasteiger partial charge in [0.25, 0.3) is 5.91 Å². The van der Waals surface area contributed by atoms with Crippen LogP contribution in [0.4, 0.5) is 16.2 Å². The van der Waals surface area contributed by atoms with Gasteiger partial charge in [-0.05, 0) is 48.5 Å². The fourth-order valence-corrected chi connectivity index (χ4v) is 2.75. The summed E-state index contributed by atoms with van der Waals surface area (Å²) in [6, 6.07) is 13.4. The van der Waals surface area contributed by atoms with Gasteiger partial charge in [0.1, 0.15) is 12.4 Å². The van der Waals surface area contributed by atoms with Crippen LogP contribution in [0.25, 0.3) is 0 Å².